The van der Waals surface area contributed by atoms with E-state index in [1.807, 2.05) is 17.8 Å². The van der Waals surface area contributed by atoms with Crippen molar-refractivity contribution in [3.8, 4) is 0 Å². The first-order chi connectivity index (χ1) is 8.11. The Bertz CT molecular complexity index is 435. The normalized spacial score (nSPS) is 20.4. The fourth-order valence-electron chi connectivity index (χ4n) is 2.19. The van der Waals surface area contributed by atoms with E-state index in [2.05, 4.69) is 11.8 Å². The highest BCUT2D eigenvalue weighted by molar-refractivity contribution is 7.99. The Labute approximate surface area is 105 Å². The fourth-order valence-corrected chi connectivity index (χ4v) is 3.20. The van der Waals surface area contributed by atoms with Crippen LogP contribution in [-0.4, -0.2) is 29.9 Å². The number of nitrogens with zero attached hydrogens (tertiary/aromatic N) is 1. The number of thioether (sulfide) groups is 1. The van der Waals surface area contributed by atoms with E-state index in [9.17, 15) is 9.18 Å². The Morgan fingerprint density at radius 2 is 2.29 bits per heavy atom. The minimum absolute atomic E-state index is 0.205. The average molecular weight is 253 g/mol. The Hall–Kier alpha value is -1.03. The van der Waals surface area contributed by atoms with Gasteiger partial charge in [-0.2, -0.15) is 11.8 Å². The van der Waals surface area contributed by atoms with Crippen LogP contribution in [0.5, 0.6) is 0 Å². The maximum atomic E-state index is 13.7. The van der Waals surface area contributed by atoms with Crippen molar-refractivity contribution >= 4 is 23.2 Å². The van der Waals surface area contributed by atoms with Crippen molar-refractivity contribution in [1.29, 1.82) is 0 Å². The molecule has 0 N–H and O–H groups in total. The highest BCUT2D eigenvalue weighted by atomic mass is 32.2. The number of carbonyl (C=O) groups excluding carboxylic acids is 1. The largest absolute Gasteiger partial charge is 0.366 e. The van der Waals surface area contributed by atoms with Crippen molar-refractivity contribution < 1.29 is 9.18 Å². The zero-order valence-corrected chi connectivity index (χ0v) is 10.9. The molecule has 1 aromatic rings. The highest BCUT2D eigenvalue weighted by Crippen LogP contribution is 2.29. The van der Waals surface area contributed by atoms with Crippen molar-refractivity contribution in [2.24, 2.45) is 0 Å². The van der Waals surface area contributed by atoms with Gasteiger partial charge in [-0.1, -0.05) is 6.07 Å². The summed E-state index contributed by atoms with van der Waals surface area (Å²) < 4.78 is 13.7. The summed E-state index contributed by atoms with van der Waals surface area (Å²) in [7, 11) is 0. The van der Waals surface area contributed by atoms with E-state index in [0.717, 1.165) is 23.7 Å². The molecule has 1 saturated heterocycles. The third-order valence-corrected chi connectivity index (χ3v) is 4.21. The second kappa shape index (κ2) is 5.08. The monoisotopic (exact) mass is 253 g/mol. The molecule has 0 amide bonds. The second-order valence-corrected chi connectivity index (χ2v) is 5.46. The van der Waals surface area contributed by atoms with Gasteiger partial charge in [0.25, 0.3) is 0 Å². The third kappa shape index (κ3) is 2.46. The average Bonchev–Trinajstić information content (AvgIpc) is 2.28. The van der Waals surface area contributed by atoms with Crippen LogP contribution in [0.4, 0.5) is 10.1 Å². The molecule has 0 radical (unpaired) electrons. The fraction of sp³-hybridized carbons (Fsp3) is 0.462. The van der Waals surface area contributed by atoms with E-state index in [4.69, 9.17) is 0 Å². The molecule has 2 rings (SSSR count). The number of halogens is 1. The summed E-state index contributed by atoms with van der Waals surface area (Å²) in [6.07, 6.45) is 0. The van der Waals surface area contributed by atoms with E-state index in [1.54, 1.807) is 6.07 Å². The summed E-state index contributed by atoms with van der Waals surface area (Å²) in [5.41, 5.74) is 0.969. The minimum atomic E-state index is -0.416. The zero-order chi connectivity index (χ0) is 12.4. The summed E-state index contributed by atoms with van der Waals surface area (Å²) in [4.78, 5) is 13.7. The van der Waals surface area contributed by atoms with Gasteiger partial charge in [0, 0.05) is 24.1 Å². The lowest BCUT2D eigenvalue weighted by Crippen LogP contribution is -2.41. The Balaban J connectivity index is 2.43. The van der Waals surface area contributed by atoms with Crippen molar-refractivity contribution in [2.75, 3.05) is 23.0 Å². The van der Waals surface area contributed by atoms with Crippen LogP contribution in [-0.2, 0) is 0 Å². The zero-order valence-electron chi connectivity index (χ0n) is 10.1. The van der Waals surface area contributed by atoms with Crippen LogP contribution in [0.3, 0.4) is 0 Å². The number of rotatable bonds is 2. The van der Waals surface area contributed by atoms with Gasteiger partial charge < -0.3 is 4.90 Å². The molecule has 1 aliphatic rings. The molecule has 0 aromatic heterocycles. The summed E-state index contributed by atoms with van der Waals surface area (Å²) >= 11 is 1.90. The second-order valence-electron chi connectivity index (χ2n) is 4.31. The predicted octanol–water partition coefficient (Wildman–Crippen LogP) is 2.97. The van der Waals surface area contributed by atoms with E-state index in [0.29, 0.717) is 6.04 Å². The van der Waals surface area contributed by atoms with Crippen LogP contribution in [0.15, 0.2) is 18.2 Å². The molecule has 1 unspecified atom stereocenters. The molecule has 1 fully saturated rings. The summed E-state index contributed by atoms with van der Waals surface area (Å²) in [6.45, 7) is 4.40. The first kappa shape index (κ1) is 12.4. The van der Waals surface area contributed by atoms with Crippen molar-refractivity contribution in [2.45, 2.75) is 19.9 Å². The van der Waals surface area contributed by atoms with Gasteiger partial charge in [-0.05, 0) is 26.0 Å². The molecular formula is C13H16FNOS. The van der Waals surface area contributed by atoms with Gasteiger partial charge >= 0.3 is 0 Å². The molecule has 1 aliphatic heterocycles. The van der Waals surface area contributed by atoms with Crippen LogP contribution in [0.2, 0.25) is 0 Å². The van der Waals surface area contributed by atoms with Crippen molar-refractivity contribution in [3.05, 3.63) is 29.6 Å². The summed E-state index contributed by atoms with van der Waals surface area (Å²) in [5, 5.41) is 0. The van der Waals surface area contributed by atoms with Gasteiger partial charge in [-0.25, -0.2) is 4.39 Å². The van der Waals surface area contributed by atoms with Gasteiger partial charge in [0.05, 0.1) is 11.3 Å². The first-order valence-electron chi connectivity index (χ1n) is 5.75. The molecule has 92 valence electrons. The molecule has 1 aromatic carbocycles. The molecule has 0 spiro atoms. The van der Waals surface area contributed by atoms with Crippen LogP contribution >= 0.6 is 11.8 Å². The molecule has 0 bridgehead atoms. The topological polar surface area (TPSA) is 20.3 Å². The SMILES string of the molecule is CC(=O)c1c(F)cccc1N1CCSCC1C. The Morgan fingerprint density at radius 1 is 1.53 bits per heavy atom. The smallest absolute Gasteiger partial charge is 0.164 e. The van der Waals surface area contributed by atoms with E-state index < -0.39 is 5.82 Å². The lowest BCUT2D eigenvalue weighted by Gasteiger charge is -2.36. The molecule has 0 aliphatic carbocycles. The van der Waals surface area contributed by atoms with Crippen LogP contribution in [0.25, 0.3) is 0 Å². The van der Waals surface area contributed by atoms with Gasteiger partial charge in [0.1, 0.15) is 5.82 Å². The number of hydrogen-bond donors (Lipinski definition) is 0. The number of hydrogen-bond acceptors (Lipinski definition) is 3. The first-order valence-corrected chi connectivity index (χ1v) is 6.90. The predicted molar refractivity (Wildman–Crippen MR) is 70.5 cm³/mol. The lowest BCUT2D eigenvalue weighted by atomic mass is 10.1. The number of carbonyl (C=O) groups is 1. The number of ketones is 1. The Kier molecular flexibility index (Phi) is 3.72. The molecule has 0 saturated carbocycles. The van der Waals surface area contributed by atoms with Gasteiger partial charge in [0.2, 0.25) is 0 Å². The molecular weight excluding hydrogens is 237 g/mol. The van der Waals surface area contributed by atoms with Crippen LogP contribution in [0, 0.1) is 5.82 Å². The van der Waals surface area contributed by atoms with Gasteiger partial charge in [-0.15, -0.1) is 0 Å². The summed E-state index contributed by atoms with van der Waals surface area (Å²) in [5.74, 6) is 1.43. The highest BCUT2D eigenvalue weighted by Gasteiger charge is 2.24. The Morgan fingerprint density at radius 3 is 2.94 bits per heavy atom. The third-order valence-electron chi connectivity index (χ3n) is 3.02. The molecule has 2 nitrogen and oxygen atoms in total. The molecule has 17 heavy (non-hydrogen) atoms. The minimum Gasteiger partial charge on any atom is -0.366 e. The van der Waals surface area contributed by atoms with Crippen molar-refractivity contribution in [1.82, 2.24) is 0 Å². The van der Waals surface area contributed by atoms with Crippen molar-refractivity contribution in [3.63, 3.8) is 0 Å². The summed E-state index contributed by atoms with van der Waals surface area (Å²) in [6, 6.07) is 5.20. The van der Waals surface area contributed by atoms with Gasteiger partial charge in [-0.3, -0.25) is 4.79 Å². The molecule has 1 heterocycles. The lowest BCUT2D eigenvalue weighted by molar-refractivity contribution is 0.101. The van der Waals surface area contributed by atoms with E-state index in [1.165, 1.54) is 13.0 Å². The number of anilines is 1. The number of benzene rings is 1. The van der Waals surface area contributed by atoms with Crippen LogP contribution < -0.4 is 4.90 Å². The quantitative estimate of drug-likeness (QED) is 0.756. The molecule has 4 heteroatoms. The standard InChI is InChI=1S/C13H16FNOS/c1-9-8-17-7-6-15(9)12-5-3-4-11(14)13(12)10(2)16/h3-5,9H,6-8H2,1-2H3. The van der Waals surface area contributed by atoms with Crippen LogP contribution in [0.1, 0.15) is 24.2 Å². The number of Topliss-reactive ketones (excluding diaryl/α,β-unsaturated/α-hetero) is 1. The maximum Gasteiger partial charge on any atom is 0.164 e. The van der Waals surface area contributed by atoms with E-state index in [-0.39, 0.29) is 11.3 Å². The maximum absolute atomic E-state index is 13.7. The van der Waals surface area contributed by atoms with E-state index >= 15 is 0 Å². The van der Waals surface area contributed by atoms with Gasteiger partial charge in [0.15, 0.2) is 5.78 Å². The molecule has 1 atom stereocenters.